The number of fused-ring (bicyclic) bond motifs is 1. The van der Waals surface area contributed by atoms with Crippen molar-refractivity contribution in [3.8, 4) is 17.0 Å². The van der Waals surface area contributed by atoms with Crippen LogP contribution in [0.2, 0.25) is 0 Å². The second kappa shape index (κ2) is 12.4. The maximum absolute atomic E-state index is 13.7. The Labute approximate surface area is 224 Å². The second-order valence-electron chi connectivity index (χ2n) is 10.5. The Morgan fingerprint density at radius 1 is 1.13 bits per heavy atom. The van der Waals surface area contributed by atoms with Crippen LogP contribution in [0.1, 0.15) is 34.6 Å². The number of carbonyl (C=O) groups is 3. The molecule has 1 aromatic carbocycles. The summed E-state index contributed by atoms with van der Waals surface area (Å²) in [6, 6.07) is 8.44. The van der Waals surface area contributed by atoms with Crippen LogP contribution < -0.4 is 4.74 Å². The summed E-state index contributed by atoms with van der Waals surface area (Å²) in [5.74, 6) is -0.349. The first kappa shape index (κ1) is 29.1. The van der Waals surface area contributed by atoms with Gasteiger partial charge in [0, 0.05) is 50.9 Å². The summed E-state index contributed by atoms with van der Waals surface area (Å²) in [7, 11) is 8.81. The first-order valence-electron chi connectivity index (χ1n) is 12.7. The van der Waals surface area contributed by atoms with Gasteiger partial charge < -0.3 is 29.4 Å². The van der Waals surface area contributed by atoms with Crippen molar-refractivity contribution in [2.75, 3.05) is 61.5 Å². The molecule has 1 aliphatic rings. The molecule has 206 valence electrons. The number of aromatic nitrogens is 1. The van der Waals surface area contributed by atoms with E-state index in [0.717, 1.165) is 5.56 Å². The van der Waals surface area contributed by atoms with Crippen molar-refractivity contribution >= 4 is 17.7 Å². The van der Waals surface area contributed by atoms with Crippen molar-refractivity contribution in [3.05, 3.63) is 47.7 Å². The molecule has 3 atom stereocenters. The number of hydrogen-bond donors (Lipinski definition) is 1. The molecule has 0 aliphatic carbocycles. The largest absolute Gasteiger partial charge is 0.472 e. The highest BCUT2D eigenvalue weighted by molar-refractivity contribution is 5.98. The van der Waals surface area contributed by atoms with Crippen molar-refractivity contribution in [2.24, 2.45) is 5.92 Å². The number of aliphatic hydroxyl groups is 1. The van der Waals surface area contributed by atoms with Crippen molar-refractivity contribution in [3.63, 3.8) is 0 Å². The van der Waals surface area contributed by atoms with Crippen LogP contribution in [-0.2, 0) is 4.79 Å². The van der Waals surface area contributed by atoms with Crippen molar-refractivity contribution in [1.82, 2.24) is 24.6 Å². The predicted octanol–water partition coefficient (Wildman–Crippen LogP) is 1.69. The van der Waals surface area contributed by atoms with Gasteiger partial charge in [0.1, 0.15) is 11.7 Å². The first-order chi connectivity index (χ1) is 17.9. The molecule has 38 heavy (non-hydrogen) atoms. The third kappa shape index (κ3) is 6.68. The average Bonchev–Trinajstić information content (AvgIpc) is 2.89. The van der Waals surface area contributed by atoms with Crippen LogP contribution in [0.4, 0.5) is 0 Å². The molecule has 0 unspecified atom stereocenters. The average molecular weight is 526 g/mol. The number of nitrogens with zero attached hydrogens (tertiary/aromatic N) is 5. The van der Waals surface area contributed by atoms with Crippen LogP contribution in [0.25, 0.3) is 11.1 Å². The number of pyridine rings is 1. The molecule has 3 amide bonds. The van der Waals surface area contributed by atoms with Gasteiger partial charge in [-0.25, -0.2) is 4.98 Å². The fourth-order valence-corrected chi connectivity index (χ4v) is 4.30. The van der Waals surface area contributed by atoms with E-state index in [0.29, 0.717) is 24.2 Å². The number of likely N-dealkylation sites (N-methyl/N-ethyl adjacent to an activating group) is 2. The summed E-state index contributed by atoms with van der Waals surface area (Å²) in [4.78, 5) is 49.6. The van der Waals surface area contributed by atoms with E-state index in [1.807, 2.05) is 38.1 Å². The van der Waals surface area contributed by atoms with Gasteiger partial charge in [0.05, 0.1) is 25.7 Å². The Bertz CT molecular complexity index is 1150. The lowest BCUT2D eigenvalue weighted by atomic mass is 9.99. The zero-order valence-electron chi connectivity index (χ0n) is 23.3. The number of carbonyl (C=O) groups excluding carboxylic acids is 3. The van der Waals surface area contributed by atoms with E-state index in [9.17, 15) is 19.5 Å². The Hall–Kier alpha value is -3.50. The summed E-state index contributed by atoms with van der Waals surface area (Å²) in [5, 5.41) is 9.88. The number of benzene rings is 1. The molecule has 0 radical (unpaired) electrons. The van der Waals surface area contributed by atoms with E-state index in [4.69, 9.17) is 4.74 Å². The van der Waals surface area contributed by atoms with E-state index in [1.165, 1.54) is 4.90 Å². The number of ether oxygens (including phenoxy) is 1. The lowest BCUT2D eigenvalue weighted by Gasteiger charge is -2.37. The number of aliphatic hydroxyl groups excluding tert-OH is 1. The Morgan fingerprint density at radius 3 is 2.37 bits per heavy atom. The predicted molar refractivity (Wildman–Crippen MR) is 145 cm³/mol. The summed E-state index contributed by atoms with van der Waals surface area (Å²) in [6.07, 6.45) is 1.22. The van der Waals surface area contributed by atoms with Gasteiger partial charge in [-0.3, -0.25) is 14.4 Å². The second-order valence-corrected chi connectivity index (χ2v) is 10.5. The molecule has 0 spiro atoms. The molecule has 0 saturated carbocycles. The van der Waals surface area contributed by atoms with Gasteiger partial charge in [-0.05, 0) is 44.8 Å². The molecule has 1 aromatic heterocycles. The number of amides is 3. The molecule has 2 aromatic rings. The zero-order valence-corrected chi connectivity index (χ0v) is 23.3. The molecule has 0 saturated heterocycles. The van der Waals surface area contributed by atoms with Gasteiger partial charge in [0.25, 0.3) is 11.8 Å². The van der Waals surface area contributed by atoms with E-state index in [2.05, 4.69) is 4.98 Å². The lowest BCUT2D eigenvalue weighted by Crippen LogP contribution is -2.51. The maximum Gasteiger partial charge on any atom is 0.259 e. The molecule has 1 N–H and O–H groups in total. The highest BCUT2D eigenvalue weighted by Crippen LogP contribution is 2.30. The summed E-state index contributed by atoms with van der Waals surface area (Å²) < 4.78 is 6.30. The van der Waals surface area contributed by atoms with Crippen LogP contribution in [0, 0.1) is 5.92 Å². The smallest absolute Gasteiger partial charge is 0.259 e. The topological polar surface area (TPSA) is 107 Å². The Morgan fingerprint density at radius 2 is 1.79 bits per heavy atom. The molecule has 3 rings (SSSR count). The van der Waals surface area contributed by atoms with Crippen LogP contribution in [0.15, 0.2) is 36.5 Å². The molecule has 0 bridgehead atoms. The van der Waals surface area contributed by atoms with E-state index in [-0.39, 0.29) is 48.2 Å². The standard InChI is InChI=1S/C28H39N5O5/c1-18-14-33(19(2)17-34)28(37)23-12-22(20-8-10-21(11-9-20)27(36)31(5)6)13-29-26(23)38-24(18)15-32(7)25(35)16-30(3)4/h8-13,18-19,24,34H,14-17H2,1-7H3/t18-,19+,24+/m0/s1. The van der Waals surface area contributed by atoms with Gasteiger partial charge in [-0.15, -0.1) is 0 Å². The Balaban J connectivity index is 1.98. The highest BCUT2D eigenvalue weighted by atomic mass is 16.5. The van der Waals surface area contributed by atoms with Gasteiger partial charge in [-0.1, -0.05) is 19.1 Å². The third-order valence-corrected chi connectivity index (χ3v) is 6.72. The van der Waals surface area contributed by atoms with Gasteiger partial charge in [-0.2, -0.15) is 0 Å². The first-order valence-corrected chi connectivity index (χ1v) is 12.7. The van der Waals surface area contributed by atoms with Crippen LogP contribution in [-0.4, -0.2) is 121 Å². The lowest BCUT2D eigenvalue weighted by molar-refractivity contribution is -0.132. The number of rotatable bonds is 8. The molecule has 1 aliphatic heterocycles. The summed E-state index contributed by atoms with van der Waals surface area (Å²) >= 11 is 0. The molecule has 10 nitrogen and oxygen atoms in total. The monoisotopic (exact) mass is 525 g/mol. The van der Waals surface area contributed by atoms with E-state index < -0.39 is 12.1 Å². The third-order valence-electron chi connectivity index (χ3n) is 6.72. The maximum atomic E-state index is 13.7. The van der Waals surface area contributed by atoms with E-state index >= 15 is 0 Å². The summed E-state index contributed by atoms with van der Waals surface area (Å²) in [5.41, 5.74) is 2.34. The fourth-order valence-electron chi connectivity index (χ4n) is 4.30. The molecule has 0 fully saturated rings. The zero-order chi connectivity index (χ0) is 28.1. The van der Waals surface area contributed by atoms with Crippen molar-refractivity contribution < 1.29 is 24.2 Å². The summed E-state index contributed by atoms with van der Waals surface area (Å²) in [6.45, 7) is 4.54. The Kier molecular flexibility index (Phi) is 9.45. The van der Waals surface area contributed by atoms with Gasteiger partial charge in [0.2, 0.25) is 11.8 Å². The van der Waals surface area contributed by atoms with Crippen molar-refractivity contribution in [1.29, 1.82) is 0 Å². The van der Waals surface area contributed by atoms with Crippen LogP contribution in [0.3, 0.4) is 0 Å². The minimum atomic E-state index is -0.416. The molecular weight excluding hydrogens is 486 g/mol. The SMILES string of the molecule is C[C@H](CO)N1C[C@H](C)[C@@H](CN(C)C(=O)CN(C)C)Oc2ncc(-c3ccc(C(=O)N(C)C)cc3)cc2C1=O. The minimum absolute atomic E-state index is 0.0377. The highest BCUT2D eigenvalue weighted by Gasteiger charge is 2.34. The van der Waals surface area contributed by atoms with Crippen LogP contribution in [0.5, 0.6) is 5.88 Å². The normalized spacial score (nSPS) is 18.2. The molecular formula is C28H39N5O5. The quantitative estimate of drug-likeness (QED) is 0.559. The van der Waals surface area contributed by atoms with Gasteiger partial charge in [0.15, 0.2) is 0 Å². The fraction of sp³-hybridized carbons (Fsp3) is 0.500. The van der Waals surface area contributed by atoms with Gasteiger partial charge >= 0.3 is 0 Å². The molecule has 2 heterocycles. The minimum Gasteiger partial charge on any atom is -0.472 e. The van der Waals surface area contributed by atoms with Crippen molar-refractivity contribution in [2.45, 2.75) is 26.0 Å². The number of hydrogen-bond acceptors (Lipinski definition) is 7. The van der Waals surface area contributed by atoms with E-state index in [1.54, 1.807) is 62.3 Å². The molecule has 10 heteroatoms. The van der Waals surface area contributed by atoms with Crippen LogP contribution >= 0.6 is 0 Å².